The van der Waals surface area contributed by atoms with E-state index in [1.54, 1.807) is 0 Å². The monoisotopic (exact) mass is 1210 g/mol. The number of hydrogen-bond donors (Lipinski definition) is 21. The summed E-state index contributed by atoms with van der Waals surface area (Å²) in [5.41, 5.74) is 5.58. The first-order valence-electron chi connectivity index (χ1n) is 26.5. The van der Waals surface area contributed by atoms with Gasteiger partial charge in [0.15, 0.2) is 18.9 Å². The predicted octanol–water partition coefficient (Wildman–Crippen LogP) is -11.9. The second kappa shape index (κ2) is 30.8. The average Bonchev–Trinajstić information content (AvgIpc) is 2.04. The van der Waals surface area contributed by atoms with Crippen LogP contribution in [0.4, 0.5) is 0 Å². The first kappa shape index (κ1) is 70.1. The number of carbonyl (C=O) groups excluding carboxylic acids is 3. The van der Waals surface area contributed by atoms with Gasteiger partial charge in [0.05, 0.1) is 57.3 Å². The van der Waals surface area contributed by atoms with Crippen LogP contribution in [0, 0.1) is 0 Å². The molecule has 5 rings (SSSR count). The van der Waals surface area contributed by atoms with Crippen LogP contribution < -0.4 is 21.7 Å². The number of carboxylic acid groups (broad SMARTS) is 2. The van der Waals surface area contributed by atoms with Crippen molar-refractivity contribution in [1.82, 2.24) is 16.0 Å². The summed E-state index contributed by atoms with van der Waals surface area (Å²) in [4.78, 5) is 63.9. The zero-order chi connectivity index (χ0) is 62.0. The van der Waals surface area contributed by atoms with E-state index >= 15 is 0 Å². The summed E-state index contributed by atoms with van der Waals surface area (Å²) in [5.74, 6) is -13.3. The summed E-state index contributed by atoms with van der Waals surface area (Å²) in [6.07, 6.45) is -47.5. The third kappa shape index (κ3) is 16.5. The van der Waals surface area contributed by atoms with Crippen molar-refractivity contribution in [2.45, 2.75) is 217 Å². The summed E-state index contributed by atoms with van der Waals surface area (Å²) in [6, 6.07) is -5.38. The molecule has 0 aromatic rings. The minimum Gasteiger partial charge on any atom is -0.477 e. The summed E-state index contributed by atoms with van der Waals surface area (Å²) < 4.78 is 58.3. The molecule has 22 N–H and O–H groups in total. The van der Waals surface area contributed by atoms with E-state index < -0.39 is 240 Å². The molecule has 0 aliphatic carbocycles. The van der Waals surface area contributed by atoms with Crippen LogP contribution in [0.2, 0.25) is 0 Å². The molecule has 83 heavy (non-hydrogen) atoms. The third-order valence-electron chi connectivity index (χ3n) is 14.6. The van der Waals surface area contributed by atoms with Gasteiger partial charge in [-0.2, -0.15) is 0 Å². The van der Waals surface area contributed by atoms with Gasteiger partial charge in [-0.3, -0.25) is 14.4 Å². The standard InChI is InChI=1S/C47H80N4O32/c1-16(56)49-26-19(59)9-46(44(70)71,81-37(26)29(63)21(61)11-52)75-15-25-33(67)36(28(51-18(3)58)41(78-25)80-39-31(65)23(13-54)76-42(34(39)68)74-8-6-4-5-7-48)79-43-35(69)40(32(66)24(14-55)77-43)83-47(45(72)73)10-20(60)27(50-17(2)57)38(82-47)30(64)22(62)12-53/h19-43,52-55,59-69H,4-15,48H2,1-3H3,(H,49,56)(H,50,57)(H,51,58)(H,70,71)(H,72,73)/t19-,20+,21-,22-,23?,24?,25?,26-,27+,28+,29-,30-,31+,32+,33-,34+,35+,36?,37?,38?,39?,40?,41+,42-,43+,46-,47-/m1/s1. The van der Waals surface area contributed by atoms with Crippen molar-refractivity contribution in [2.24, 2.45) is 5.73 Å². The normalized spacial score (nSPS) is 41.0. The molecule has 3 amide bonds. The van der Waals surface area contributed by atoms with Crippen LogP contribution in [0.5, 0.6) is 0 Å². The number of aliphatic carboxylic acids is 2. The first-order chi connectivity index (χ1) is 39.0. The maximum absolute atomic E-state index is 13.2. The maximum Gasteiger partial charge on any atom is 0.364 e. The van der Waals surface area contributed by atoms with E-state index in [9.17, 15) is 111 Å². The van der Waals surface area contributed by atoms with Gasteiger partial charge in [-0.1, -0.05) is 0 Å². The summed E-state index contributed by atoms with van der Waals surface area (Å²) >= 11 is 0. The van der Waals surface area contributed by atoms with Crippen molar-refractivity contribution in [3.05, 3.63) is 0 Å². The number of amides is 3. The molecule has 27 atom stereocenters. The van der Waals surface area contributed by atoms with E-state index in [0.29, 0.717) is 25.8 Å². The lowest BCUT2D eigenvalue weighted by molar-refractivity contribution is -0.388. The van der Waals surface area contributed by atoms with Crippen LogP contribution in [-0.2, 0) is 71.3 Å². The molecular formula is C47H80N4O32. The Hall–Kier alpha value is -3.69. The van der Waals surface area contributed by atoms with Gasteiger partial charge in [-0.05, 0) is 25.8 Å². The fourth-order valence-corrected chi connectivity index (χ4v) is 10.3. The maximum atomic E-state index is 13.2. The molecule has 0 bridgehead atoms. The Labute approximate surface area is 472 Å². The molecule has 0 radical (unpaired) electrons. The molecule has 5 aliphatic heterocycles. The lowest BCUT2D eigenvalue weighted by Gasteiger charge is -2.51. The van der Waals surface area contributed by atoms with Crippen molar-refractivity contribution < 1.29 is 158 Å². The smallest absolute Gasteiger partial charge is 0.364 e. The molecule has 0 aromatic heterocycles. The van der Waals surface area contributed by atoms with Crippen LogP contribution in [0.15, 0.2) is 0 Å². The highest BCUT2D eigenvalue weighted by atomic mass is 16.8. The number of unbranched alkanes of at least 4 members (excludes halogenated alkanes) is 2. The van der Waals surface area contributed by atoms with E-state index in [-0.39, 0.29) is 6.61 Å². The molecule has 5 fully saturated rings. The molecule has 0 saturated carbocycles. The molecule has 36 heteroatoms. The van der Waals surface area contributed by atoms with Crippen LogP contribution >= 0.6 is 0 Å². The number of ether oxygens (including phenoxy) is 10. The van der Waals surface area contributed by atoms with Crippen LogP contribution in [0.3, 0.4) is 0 Å². The van der Waals surface area contributed by atoms with Crippen molar-refractivity contribution in [3.63, 3.8) is 0 Å². The van der Waals surface area contributed by atoms with Crippen molar-refractivity contribution in [3.8, 4) is 0 Å². The first-order valence-corrected chi connectivity index (χ1v) is 26.5. The van der Waals surface area contributed by atoms with Gasteiger partial charge in [0, 0.05) is 40.2 Å². The molecule has 8 unspecified atom stereocenters. The van der Waals surface area contributed by atoms with E-state index in [4.69, 9.17) is 53.1 Å². The summed E-state index contributed by atoms with van der Waals surface area (Å²) in [5, 5.41) is 192. The molecule has 0 spiro atoms. The predicted molar refractivity (Wildman–Crippen MR) is 262 cm³/mol. The van der Waals surface area contributed by atoms with Crippen LogP contribution in [0.1, 0.15) is 52.9 Å². The number of carbonyl (C=O) groups is 5. The molecule has 5 heterocycles. The number of aliphatic hydroxyl groups is 15. The van der Waals surface area contributed by atoms with E-state index in [1.807, 2.05) is 0 Å². The molecule has 36 nitrogen and oxygen atoms in total. The van der Waals surface area contributed by atoms with Gasteiger partial charge in [-0.25, -0.2) is 9.59 Å². The highest BCUT2D eigenvalue weighted by molar-refractivity contribution is 5.77. The largest absolute Gasteiger partial charge is 0.477 e. The minimum atomic E-state index is -3.28. The molecule has 480 valence electrons. The Balaban J connectivity index is 1.59. The number of nitrogens with two attached hydrogens (primary N) is 1. The second-order valence-corrected chi connectivity index (χ2v) is 20.7. The number of nitrogens with one attached hydrogen (secondary N) is 3. The Morgan fingerprint density at radius 2 is 0.988 bits per heavy atom. The third-order valence-corrected chi connectivity index (χ3v) is 14.6. The van der Waals surface area contributed by atoms with Gasteiger partial charge in [-0.15, -0.1) is 0 Å². The van der Waals surface area contributed by atoms with Gasteiger partial charge in [0.2, 0.25) is 17.7 Å². The number of carboxylic acids is 2. The van der Waals surface area contributed by atoms with E-state index in [0.717, 1.165) is 20.8 Å². The fraction of sp³-hybridized carbons (Fsp3) is 0.894. The van der Waals surface area contributed by atoms with Crippen molar-refractivity contribution in [2.75, 3.05) is 46.2 Å². The number of rotatable bonds is 28. The van der Waals surface area contributed by atoms with Gasteiger partial charge in [0.1, 0.15) is 110 Å². The van der Waals surface area contributed by atoms with Gasteiger partial charge in [0.25, 0.3) is 11.6 Å². The Morgan fingerprint density at radius 1 is 0.554 bits per heavy atom. The lowest BCUT2D eigenvalue weighted by atomic mass is 9.88. The van der Waals surface area contributed by atoms with Gasteiger partial charge >= 0.3 is 11.9 Å². The second-order valence-electron chi connectivity index (χ2n) is 20.7. The summed E-state index contributed by atoms with van der Waals surface area (Å²) in [7, 11) is 0. The average molecular weight is 1210 g/mol. The van der Waals surface area contributed by atoms with Crippen molar-refractivity contribution in [1.29, 1.82) is 0 Å². The van der Waals surface area contributed by atoms with Crippen LogP contribution in [-0.4, -0.2) is 327 Å². The summed E-state index contributed by atoms with van der Waals surface area (Å²) in [6.45, 7) is -2.53. The van der Waals surface area contributed by atoms with Crippen LogP contribution in [0.25, 0.3) is 0 Å². The lowest BCUT2D eigenvalue weighted by Crippen LogP contribution is -2.72. The van der Waals surface area contributed by atoms with Gasteiger partial charge < -0.3 is 156 Å². The topological polar surface area (TPSA) is 584 Å². The highest BCUT2D eigenvalue weighted by Crippen LogP contribution is 2.40. The number of aliphatic hydroxyl groups excluding tert-OH is 15. The Bertz CT molecular complexity index is 2110. The zero-order valence-electron chi connectivity index (χ0n) is 45.2. The number of hydrogen-bond acceptors (Lipinski definition) is 31. The minimum absolute atomic E-state index is 0.0611. The molecule has 0 aromatic carbocycles. The molecule has 5 saturated heterocycles. The van der Waals surface area contributed by atoms with E-state index in [1.165, 1.54) is 0 Å². The SMILES string of the molecule is CC(=O)N[C@@H]1C([C@H](O)[C@H](O)CO)O[C@](OC2[C@@H](O)C(CO)O[C@@H](OC3[C@H](O)C(CO[C@]4(C(=O)O)C[C@@H](O)[C@@H](NC(C)=O)C([C@H](O)[C@H](O)CO)O4)O[C@@H](OC4[C@@H](O)C(CO)O[C@@H](OCCCCCN)[C@H]4O)[C@H]3NC(C)=O)[C@H]2O)(C(=O)O)C[C@@H]1O. The molecule has 5 aliphatic rings. The Kier molecular flexibility index (Phi) is 26.0. The quantitative estimate of drug-likeness (QED) is 0.0324. The fourth-order valence-electron chi connectivity index (χ4n) is 10.3. The zero-order valence-corrected chi connectivity index (χ0v) is 45.2. The highest BCUT2D eigenvalue weighted by Gasteiger charge is 2.62. The van der Waals surface area contributed by atoms with Crippen molar-refractivity contribution >= 4 is 29.7 Å². The molecular weight excluding hydrogens is 1130 g/mol. The Morgan fingerprint density at radius 3 is 1.47 bits per heavy atom. The van der Waals surface area contributed by atoms with E-state index in [2.05, 4.69) is 16.0 Å².